The average Bonchev–Trinajstić information content (AvgIpc) is 2.67. The van der Waals surface area contributed by atoms with Crippen molar-refractivity contribution in [3.05, 3.63) is 34.9 Å². The van der Waals surface area contributed by atoms with E-state index < -0.39 is 0 Å². The molecule has 1 aromatic carbocycles. The molecule has 0 bridgehead atoms. The van der Waals surface area contributed by atoms with Gasteiger partial charge in [-0.1, -0.05) is 12.1 Å². The van der Waals surface area contributed by atoms with Crippen LogP contribution in [-0.4, -0.2) is 55.3 Å². The van der Waals surface area contributed by atoms with Gasteiger partial charge in [0, 0.05) is 25.0 Å². The average molecular weight is 399 g/mol. The Morgan fingerprint density at radius 2 is 1.86 bits per heavy atom. The molecule has 0 saturated carbocycles. The number of hydrogen-bond donors (Lipinski definition) is 3. The van der Waals surface area contributed by atoms with Crippen molar-refractivity contribution in [2.45, 2.75) is 26.7 Å². The highest BCUT2D eigenvalue weighted by Crippen LogP contribution is 2.24. The lowest BCUT2D eigenvalue weighted by Crippen LogP contribution is -2.37. The van der Waals surface area contributed by atoms with Crippen LogP contribution in [0.25, 0.3) is 10.9 Å². The van der Waals surface area contributed by atoms with Gasteiger partial charge in [-0.2, -0.15) is 5.26 Å². The summed E-state index contributed by atoms with van der Waals surface area (Å²) >= 11 is 5.28. The maximum Gasteiger partial charge on any atom is 0.166 e. The van der Waals surface area contributed by atoms with Crippen molar-refractivity contribution >= 4 is 34.1 Å². The molecule has 1 aromatic heterocycles. The first-order chi connectivity index (χ1) is 13.4. The third-order valence-corrected chi connectivity index (χ3v) is 4.92. The molecule has 0 amide bonds. The molecule has 6 nitrogen and oxygen atoms in total. The minimum absolute atomic E-state index is 0.571. The van der Waals surface area contributed by atoms with Crippen molar-refractivity contribution in [3.8, 4) is 6.07 Å². The number of rotatable bonds is 9. The Balaban J connectivity index is 1.81. The van der Waals surface area contributed by atoms with Crippen molar-refractivity contribution in [1.82, 2.24) is 20.5 Å². The van der Waals surface area contributed by atoms with Gasteiger partial charge in [-0.15, -0.1) is 0 Å². The molecule has 1 heterocycles. The van der Waals surface area contributed by atoms with Gasteiger partial charge in [-0.3, -0.25) is 0 Å². The lowest BCUT2D eigenvalue weighted by Gasteiger charge is -2.13. The number of aryl methyl sites for hydroxylation is 2. The van der Waals surface area contributed by atoms with Crippen LogP contribution in [0.3, 0.4) is 0 Å². The van der Waals surface area contributed by atoms with Crippen molar-refractivity contribution < 1.29 is 0 Å². The van der Waals surface area contributed by atoms with Gasteiger partial charge < -0.3 is 20.9 Å². The fourth-order valence-electron chi connectivity index (χ4n) is 2.86. The second-order valence-corrected chi connectivity index (χ2v) is 7.60. The summed E-state index contributed by atoms with van der Waals surface area (Å²) in [7, 11) is 4.13. The molecule has 0 aliphatic heterocycles. The summed E-state index contributed by atoms with van der Waals surface area (Å²) in [5.74, 6) is 0.646. The van der Waals surface area contributed by atoms with Gasteiger partial charge >= 0.3 is 0 Å². The monoisotopic (exact) mass is 398 g/mol. The normalized spacial score (nSPS) is 10.7. The standard InChI is InChI=1S/C21H30N6S/c1-15-7-8-17-13-18(14-22)20(26-19(17)16(15)2)23-9-5-10-24-21(28)25-11-6-12-27(3)4/h7-8,13H,5-6,9-12H2,1-4H3,(H,23,26)(H2,24,25,28). The molecule has 28 heavy (non-hydrogen) atoms. The molecule has 7 heteroatoms. The summed E-state index contributed by atoms with van der Waals surface area (Å²) in [5.41, 5.74) is 3.87. The van der Waals surface area contributed by atoms with E-state index in [1.54, 1.807) is 0 Å². The number of fused-ring (bicyclic) bond motifs is 1. The van der Waals surface area contributed by atoms with Crippen molar-refractivity contribution in [1.29, 1.82) is 5.26 Å². The predicted octanol–water partition coefficient (Wildman–Crippen LogP) is 2.94. The van der Waals surface area contributed by atoms with Gasteiger partial charge in [-0.25, -0.2) is 4.98 Å². The highest BCUT2D eigenvalue weighted by atomic mass is 32.1. The van der Waals surface area contributed by atoms with E-state index in [4.69, 9.17) is 17.2 Å². The number of anilines is 1. The smallest absolute Gasteiger partial charge is 0.166 e. The van der Waals surface area contributed by atoms with Gasteiger partial charge in [-0.05, 0) is 76.7 Å². The lowest BCUT2D eigenvalue weighted by molar-refractivity contribution is 0.400. The van der Waals surface area contributed by atoms with Gasteiger partial charge in [0.15, 0.2) is 5.11 Å². The van der Waals surface area contributed by atoms with Crippen LogP contribution in [0, 0.1) is 25.2 Å². The molecule has 2 aromatic rings. The van der Waals surface area contributed by atoms with E-state index >= 15 is 0 Å². The Kier molecular flexibility index (Phi) is 8.42. The fourth-order valence-corrected chi connectivity index (χ4v) is 3.06. The largest absolute Gasteiger partial charge is 0.369 e. The summed E-state index contributed by atoms with van der Waals surface area (Å²) in [6.07, 6.45) is 1.93. The minimum Gasteiger partial charge on any atom is -0.369 e. The zero-order valence-electron chi connectivity index (χ0n) is 17.2. The van der Waals surface area contributed by atoms with E-state index in [0.29, 0.717) is 23.0 Å². The second kappa shape index (κ2) is 10.8. The molecule has 0 aliphatic carbocycles. The summed E-state index contributed by atoms with van der Waals surface area (Å²) in [6, 6.07) is 8.23. The maximum absolute atomic E-state index is 9.44. The van der Waals surface area contributed by atoms with E-state index in [9.17, 15) is 5.26 Å². The van der Waals surface area contributed by atoms with Gasteiger partial charge in [0.05, 0.1) is 11.1 Å². The number of hydrogen-bond acceptors (Lipinski definition) is 5. The van der Waals surface area contributed by atoms with Crippen LogP contribution < -0.4 is 16.0 Å². The zero-order chi connectivity index (χ0) is 20.5. The number of pyridine rings is 1. The van der Waals surface area contributed by atoms with E-state index in [1.807, 2.05) is 12.1 Å². The molecule has 0 unspecified atom stereocenters. The van der Waals surface area contributed by atoms with E-state index in [-0.39, 0.29) is 0 Å². The van der Waals surface area contributed by atoms with Crippen LogP contribution >= 0.6 is 12.2 Å². The number of nitriles is 1. The van der Waals surface area contributed by atoms with Crippen LogP contribution in [0.5, 0.6) is 0 Å². The fraction of sp³-hybridized carbons (Fsp3) is 0.476. The summed E-state index contributed by atoms with van der Waals surface area (Å²) < 4.78 is 0. The molecule has 0 aliphatic rings. The quantitative estimate of drug-likeness (QED) is 0.443. The molecule has 3 N–H and O–H groups in total. The van der Waals surface area contributed by atoms with Crippen molar-refractivity contribution in [3.63, 3.8) is 0 Å². The molecule has 0 atom stereocenters. The maximum atomic E-state index is 9.44. The molecule has 0 saturated heterocycles. The number of nitrogens with one attached hydrogen (secondary N) is 3. The van der Waals surface area contributed by atoms with Crippen molar-refractivity contribution in [2.75, 3.05) is 45.6 Å². The van der Waals surface area contributed by atoms with Gasteiger partial charge in [0.25, 0.3) is 0 Å². The number of benzene rings is 1. The zero-order valence-corrected chi connectivity index (χ0v) is 18.0. The Bertz CT molecular complexity index is 856. The molecule has 0 fully saturated rings. The van der Waals surface area contributed by atoms with Gasteiger partial charge in [0.1, 0.15) is 11.9 Å². The summed E-state index contributed by atoms with van der Waals surface area (Å²) in [6.45, 7) is 7.53. The first-order valence-electron chi connectivity index (χ1n) is 9.63. The second-order valence-electron chi connectivity index (χ2n) is 7.20. The van der Waals surface area contributed by atoms with Crippen LogP contribution in [0.15, 0.2) is 18.2 Å². The van der Waals surface area contributed by atoms with Crippen LogP contribution in [0.2, 0.25) is 0 Å². The summed E-state index contributed by atoms with van der Waals surface area (Å²) in [4.78, 5) is 6.86. The first kappa shape index (κ1) is 21.9. The highest BCUT2D eigenvalue weighted by Gasteiger charge is 2.09. The minimum atomic E-state index is 0.571. The van der Waals surface area contributed by atoms with E-state index in [0.717, 1.165) is 48.9 Å². The molecule has 0 spiro atoms. The first-order valence-corrected chi connectivity index (χ1v) is 10.0. The number of thiocarbonyl (C=S) groups is 1. The number of nitrogens with zero attached hydrogens (tertiary/aromatic N) is 3. The Labute approximate surface area is 173 Å². The molecule has 0 radical (unpaired) electrons. The predicted molar refractivity (Wildman–Crippen MR) is 121 cm³/mol. The van der Waals surface area contributed by atoms with E-state index in [1.165, 1.54) is 5.56 Å². The van der Waals surface area contributed by atoms with Crippen LogP contribution in [-0.2, 0) is 0 Å². The lowest BCUT2D eigenvalue weighted by atomic mass is 10.0. The Morgan fingerprint density at radius 1 is 1.14 bits per heavy atom. The SMILES string of the molecule is Cc1ccc2cc(C#N)c(NCCCNC(=S)NCCCN(C)C)nc2c1C. The Morgan fingerprint density at radius 3 is 2.54 bits per heavy atom. The highest BCUT2D eigenvalue weighted by molar-refractivity contribution is 7.80. The van der Waals surface area contributed by atoms with Crippen LogP contribution in [0.1, 0.15) is 29.5 Å². The topological polar surface area (TPSA) is 76.0 Å². The Hall–Kier alpha value is -2.43. The molecule has 150 valence electrons. The third kappa shape index (κ3) is 6.32. The molecular formula is C21H30N6S. The van der Waals surface area contributed by atoms with Crippen molar-refractivity contribution in [2.24, 2.45) is 0 Å². The number of aromatic nitrogens is 1. The third-order valence-electron chi connectivity index (χ3n) is 4.63. The summed E-state index contributed by atoms with van der Waals surface area (Å²) in [5, 5.41) is 20.9. The molecular weight excluding hydrogens is 368 g/mol. The van der Waals surface area contributed by atoms with Gasteiger partial charge in [0.2, 0.25) is 0 Å². The molecule has 2 rings (SSSR count). The van der Waals surface area contributed by atoms with Crippen LogP contribution in [0.4, 0.5) is 5.82 Å². The van der Waals surface area contributed by atoms with E-state index in [2.05, 4.69) is 60.9 Å².